The third kappa shape index (κ3) is 6.49. The summed E-state index contributed by atoms with van der Waals surface area (Å²) in [6, 6.07) is 19.1. The lowest BCUT2D eigenvalue weighted by Crippen LogP contribution is -2.58. The smallest absolute Gasteiger partial charge is 0.293 e. The van der Waals surface area contributed by atoms with E-state index in [1.165, 1.54) is 31.4 Å². The van der Waals surface area contributed by atoms with Crippen LogP contribution in [0.5, 0.6) is 0 Å². The number of carbonyl (C=O) groups is 1. The molecular formula is C36H44N4O5S. The molecule has 4 aliphatic rings. The Morgan fingerprint density at radius 1 is 0.957 bits per heavy atom. The predicted molar refractivity (Wildman–Crippen MR) is 181 cm³/mol. The molecule has 2 bridgehead atoms. The van der Waals surface area contributed by atoms with Gasteiger partial charge in [0.05, 0.1) is 9.82 Å². The maximum absolute atomic E-state index is 13.1. The normalized spacial score (nSPS) is 24.0. The highest BCUT2D eigenvalue weighted by Crippen LogP contribution is 2.61. The first-order chi connectivity index (χ1) is 21.9. The van der Waals surface area contributed by atoms with Crippen LogP contribution in [0.4, 0.5) is 17.1 Å². The Hall–Kier alpha value is -3.92. The number of sulfonamides is 1. The fraction of sp³-hybridized carbons (Fsp3) is 0.472. The van der Waals surface area contributed by atoms with Gasteiger partial charge in [0.2, 0.25) is 0 Å². The average molecular weight is 645 g/mol. The van der Waals surface area contributed by atoms with Crippen molar-refractivity contribution in [1.82, 2.24) is 4.72 Å². The van der Waals surface area contributed by atoms with E-state index in [-0.39, 0.29) is 21.8 Å². The van der Waals surface area contributed by atoms with Crippen molar-refractivity contribution in [3.8, 4) is 11.1 Å². The molecule has 7 rings (SSSR count). The van der Waals surface area contributed by atoms with Crippen molar-refractivity contribution in [3.63, 3.8) is 0 Å². The number of anilines is 2. The topological polar surface area (TPSA) is 130 Å². The van der Waals surface area contributed by atoms with Gasteiger partial charge in [0.1, 0.15) is 5.69 Å². The van der Waals surface area contributed by atoms with Crippen molar-refractivity contribution in [2.24, 2.45) is 29.1 Å². The van der Waals surface area contributed by atoms with E-state index in [2.05, 4.69) is 48.3 Å². The molecule has 9 nitrogen and oxygen atoms in total. The second kappa shape index (κ2) is 12.7. The third-order valence-electron chi connectivity index (χ3n) is 11.1. The van der Waals surface area contributed by atoms with Gasteiger partial charge in [-0.15, -0.1) is 0 Å². The molecule has 244 valence electrons. The minimum absolute atomic E-state index is 0.166. The highest BCUT2D eigenvalue weighted by Gasteiger charge is 2.56. The van der Waals surface area contributed by atoms with Crippen molar-refractivity contribution < 1.29 is 18.1 Å². The van der Waals surface area contributed by atoms with Crippen molar-refractivity contribution in [2.45, 2.75) is 76.7 Å². The van der Waals surface area contributed by atoms with Gasteiger partial charge in [0.25, 0.3) is 21.6 Å². The first-order valence-corrected chi connectivity index (χ1v) is 18.0. The van der Waals surface area contributed by atoms with Crippen LogP contribution in [-0.4, -0.2) is 31.8 Å². The Bertz CT molecular complexity index is 1720. The molecule has 46 heavy (non-hydrogen) atoms. The zero-order valence-corrected chi connectivity index (χ0v) is 27.6. The van der Waals surface area contributed by atoms with E-state index in [9.17, 15) is 23.3 Å². The van der Waals surface area contributed by atoms with E-state index >= 15 is 0 Å². The summed E-state index contributed by atoms with van der Waals surface area (Å²) in [5.74, 6) is 1.74. The van der Waals surface area contributed by atoms with Crippen LogP contribution in [-0.2, 0) is 10.0 Å². The number of nitro groups is 1. The van der Waals surface area contributed by atoms with E-state index in [0.29, 0.717) is 29.8 Å². The first kappa shape index (κ1) is 32.0. The van der Waals surface area contributed by atoms with Gasteiger partial charge in [-0.25, -0.2) is 13.1 Å². The Balaban J connectivity index is 1.10. The molecule has 0 saturated heterocycles. The van der Waals surface area contributed by atoms with Crippen LogP contribution in [0.1, 0.15) is 76.1 Å². The van der Waals surface area contributed by atoms with Crippen LogP contribution in [0, 0.1) is 39.2 Å². The predicted octanol–water partition coefficient (Wildman–Crippen LogP) is 7.86. The van der Waals surface area contributed by atoms with Crippen molar-refractivity contribution in [1.29, 1.82) is 0 Å². The van der Waals surface area contributed by atoms with E-state index < -0.39 is 20.9 Å². The van der Waals surface area contributed by atoms with Crippen molar-refractivity contribution >= 4 is 33.0 Å². The lowest BCUT2D eigenvalue weighted by molar-refractivity contribution is -0.384. The summed E-state index contributed by atoms with van der Waals surface area (Å²) in [4.78, 5) is 23.8. The molecule has 4 atom stereocenters. The largest absolute Gasteiger partial charge is 0.382 e. The number of fused-ring (bicyclic) bond motifs is 2. The molecule has 0 spiro atoms. The number of benzene rings is 3. The molecule has 0 aliphatic heterocycles. The average Bonchev–Trinajstić information content (AvgIpc) is 3.04. The van der Waals surface area contributed by atoms with Crippen LogP contribution in [0.2, 0.25) is 0 Å². The van der Waals surface area contributed by atoms with Gasteiger partial charge in [-0.1, -0.05) is 64.3 Å². The van der Waals surface area contributed by atoms with Gasteiger partial charge in [-0.2, -0.15) is 0 Å². The lowest BCUT2D eigenvalue weighted by Gasteiger charge is -2.62. The zero-order valence-electron chi connectivity index (χ0n) is 26.8. The summed E-state index contributed by atoms with van der Waals surface area (Å²) in [5.41, 5.74) is 3.47. The number of rotatable bonds is 10. The number of nitro benzene ring substituents is 1. The number of hydrogen-bond acceptors (Lipinski definition) is 7. The standard InChI is InChI=1S/C36H44N4O5S/c1-23-31-19-28(36(31,2)3)20-33(23)38-29-11-7-10-27(18-29)25-12-14-26(15-13-25)35(41)39-46(44,45)30-16-17-32(34(21-30)40(42)43)37-22-24-8-5-4-6-9-24/h7,10-18,21,23-24,28,31,33,37-38H,4-6,8-9,19-20,22H2,1-3H3,(H,39,41)/t23-,28+,31-,33-/m0/s1. The molecule has 3 aromatic carbocycles. The summed E-state index contributed by atoms with van der Waals surface area (Å²) < 4.78 is 28.3. The number of nitrogens with zero attached hydrogens (tertiary/aromatic N) is 1. The van der Waals surface area contributed by atoms with Crippen LogP contribution in [0.15, 0.2) is 71.6 Å². The van der Waals surface area contributed by atoms with Crippen LogP contribution < -0.4 is 15.4 Å². The highest BCUT2D eigenvalue weighted by atomic mass is 32.2. The molecule has 4 fully saturated rings. The molecule has 10 heteroatoms. The molecule has 3 aromatic rings. The Morgan fingerprint density at radius 2 is 1.70 bits per heavy atom. The fourth-order valence-corrected chi connectivity index (χ4v) is 9.02. The third-order valence-corrected chi connectivity index (χ3v) is 12.4. The molecule has 3 N–H and O–H groups in total. The summed E-state index contributed by atoms with van der Waals surface area (Å²) in [7, 11) is -4.35. The van der Waals surface area contributed by atoms with E-state index in [1.54, 1.807) is 24.3 Å². The molecule has 0 radical (unpaired) electrons. The lowest BCUT2D eigenvalue weighted by atomic mass is 9.45. The van der Waals surface area contributed by atoms with Gasteiger partial charge < -0.3 is 10.6 Å². The zero-order chi connectivity index (χ0) is 32.6. The van der Waals surface area contributed by atoms with Crippen LogP contribution in [0.3, 0.4) is 0 Å². The monoisotopic (exact) mass is 644 g/mol. The van der Waals surface area contributed by atoms with E-state index in [0.717, 1.165) is 60.4 Å². The van der Waals surface area contributed by atoms with E-state index in [1.807, 2.05) is 12.1 Å². The fourth-order valence-electron chi connectivity index (χ4n) is 8.02. The SMILES string of the molecule is C[C@@H]1[C@@H](Nc2cccc(-c3ccc(C(=O)NS(=O)(=O)c4ccc(NCC5CCCCC5)c([N+](=O)[O-])c4)cc3)c2)C[C@H]2C[C@@H]1C2(C)C. The molecule has 0 unspecified atom stereocenters. The van der Waals surface area contributed by atoms with Gasteiger partial charge in [0.15, 0.2) is 0 Å². The van der Waals surface area contributed by atoms with Gasteiger partial charge in [0, 0.05) is 29.9 Å². The highest BCUT2D eigenvalue weighted by molar-refractivity contribution is 7.90. The Morgan fingerprint density at radius 3 is 2.37 bits per heavy atom. The van der Waals surface area contributed by atoms with Crippen molar-refractivity contribution in [2.75, 3.05) is 17.2 Å². The molecule has 0 heterocycles. The molecule has 4 aliphatic carbocycles. The number of amides is 1. The van der Waals surface area contributed by atoms with Crippen molar-refractivity contribution in [3.05, 3.63) is 82.4 Å². The number of carbonyl (C=O) groups excluding carboxylic acids is 1. The number of hydrogen-bond donors (Lipinski definition) is 3. The summed E-state index contributed by atoms with van der Waals surface area (Å²) in [6.45, 7) is 7.76. The Kier molecular flexibility index (Phi) is 8.85. The second-order valence-corrected chi connectivity index (χ2v) is 15.8. The molecule has 1 amide bonds. The summed E-state index contributed by atoms with van der Waals surface area (Å²) in [6.07, 6.45) is 8.17. The Labute approximate surface area is 271 Å². The summed E-state index contributed by atoms with van der Waals surface area (Å²) >= 11 is 0. The van der Waals surface area contributed by atoms with Gasteiger partial charge >= 0.3 is 0 Å². The maximum atomic E-state index is 13.1. The van der Waals surface area contributed by atoms with Gasteiger partial charge in [-0.3, -0.25) is 14.9 Å². The first-order valence-electron chi connectivity index (χ1n) is 16.5. The summed E-state index contributed by atoms with van der Waals surface area (Å²) in [5, 5.41) is 18.7. The van der Waals surface area contributed by atoms with Crippen LogP contribution in [0.25, 0.3) is 11.1 Å². The molecular weight excluding hydrogens is 600 g/mol. The minimum Gasteiger partial charge on any atom is -0.382 e. The van der Waals surface area contributed by atoms with Gasteiger partial charge in [-0.05, 0) is 102 Å². The number of nitrogens with one attached hydrogen (secondary N) is 3. The molecule has 4 saturated carbocycles. The maximum Gasteiger partial charge on any atom is 0.293 e. The quantitative estimate of drug-likeness (QED) is 0.151. The second-order valence-electron chi connectivity index (χ2n) is 14.1. The van der Waals surface area contributed by atoms with E-state index in [4.69, 9.17) is 0 Å². The minimum atomic E-state index is -4.35. The molecule has 0 aromatic heterocycles. The van der Waals surface area contributed by atoms with Crippen LogP contribution >= 0.6 is 0 Å².